The van der Waals surface area contributed by atoms with E-state index in [1.54, 1.807) is 0 Å². The highest BCUT2D eigenvalue weighted by Gasteiger charge is 2.07. The fourth-order valence-electron chi connectivity index (χ4n) is 1.49. The number of nitrogens with two attached hydrogens (primary N) is 1. The van der Waals surface area contributed by atoms with Crippen molar-refractivity contribution in [1.29, 1.82) is 0 Å². The van der Waals surface area contributed by atoms with Gasteiger partial charge in [0.05, 0.1) is 11.0 Å². The third-order valence-electron chi connectivity index (χ3n) is 2.21. The molecule has 16 heavy (non-hydrogen) atoms. The molecule has 1 aromatic carbocycles. The molecule has 0 spiro atoms. The maximum Gasteiger partial charge on any atom is 0.198 e. The molecule has 0 radical (unpaired) electrons. The fourth-order valence-corrected chi connectivity index (χ4v) is 1.49. The zero-order valence-electron chi connectivity index (χ0n) is 8.28. The summed E-state index contributed by atoms with van der Waals surface area (Å²) in [4.78, 5) is 12.5. The number of para-hydroxylation sites is 2. The Morgan fingerprint density at radius 1 is 1.06 bits per heavy atom. The summed E-state index contributed by atoms with van der Waals surface area (Å²) in [5, 5.41) is 3.98. The Hall–Kier alpha value is -2.50. The minimum absolute atomic E-state index is 0.337. The van der Waals surface area contributed by atoms with Crippen LogP contribution in [0.2, 0.25) is 0 Å². The number of fused-ring (bicyclic) bond motifs is 1. The Bertz CT molecular complexity index is 631. The van der Waals surface area contributed by atoms with E-state index in [0.29, 0.717) is 11.6 Å². The van der Waals surface area contributed by atoms with Gasteiger partial charge in [0.25, 0.3) is 0 Å². The topological polar surface area (TPSA) is 82.5 Å². The molecular formula is C10H8N6. The summed E-state index contributed by atoms with van der Waals surface area (Å²) in [6.45, 7) is 0. The van der Waals surface area contributed by atoms with Crippen LogP contribution in [0.4, 0.5) is 5.82 Å². The molecule has 0 saturated heterocycles. The van der Waals surface area contributed by atoms with Crippen LogP contribution < -0.4 is 5.73 Å². The van der Waals surface area contributed by atoms with Gasteiger partial charge in [0.2, 0.25) is 0 Å². The van der Waals surface area contributed by atoms with Gasteiger partial charge in [-0.25, -0.2) is 15.0 Å². The van der Waals surface area contributed by atoms with Gasteiger partial charge in [0.15, 0.2) is 11.6 Å². The molecular weight excluding hydrogens is 204 g/mol. The molecule has 78 valence electrons. The highest BCUT2D eigenvalue weighted by Crippen LogP contribution is 2.16. The molecule has 2 aromatic heterocycles. The fraction of sp³-hybridized carbons (Fsp3) is 0. The molecule has 0 atom stereocenters. The number of rotatable bonds is 1. The summed E-state index contributed by atoms with van der Waals surface area (Å²) in [6.07, 6.45) is 2.96. The lowest BCUT2D eigenvalue weighted by molar-refractivity contribution is 0.848. The maximum absolute atomic E-state index is 5.82. The highest BCUT2D eigenvalue weighted by molar-refractivity contribution is 5.77. The van der Waals surface area contributed by atoms with Crippen molar-refractivity contribution in [3.63, 3.8) is 0 Å². The van der Waals surface area contributed by atoms with Crippen LogP contribution in [-0.4, -0.2) is 24.7 Å². The first-order valence-corrected chi connectivity index (χ1v) is 4.72. The zero-order chi connectivity index (χ0) is 11.0. The molecule has 0 aliphatic rings. The lowest BCUT2D eigenvalue weighted by Gasteiger charge is -2.04. The van der Waals surface area contributed by atoms with Gasteiger partial charge in [-0.15, -0.1) is 0 Å². The van der Waals surface area contributed by atoms with Crippen LogP contribution in [-0.2, 0) is 0 Å². The Labute approximate surface area is 90.8 Å². The largest absolute Gasteiger partial charge is 0.381 e. The predicted octanol–water partition coefficient (Wildman–Crippen LogP) is 0.793. The van der Waals surface area contributed by atoms with Gasteiger partial charge in [0, 0.05) is 0 Å². The number of hydrogen-bond donors (Lipinski definition) is 1. The van der Waals surface area contributed by atoms with Crippen LogP contribution in [0.15, 0.2) is 36.9 Å². The van der Waals surface area contributed by atoms with Gasteiger partial charge >= 0.3 is 0 Å². The smallest absolute Gasteiger partial charge is 0.198 e. The molecule has 3 aromatic rings. The second-order valence-electron chi connectivity index (χ2n) is 3.26. The van der Waals surface area contributed by atoms with Gasteiger partial charge < -0.3 is 5.73 Å². The number of nitrogens with zero attached hydrogens (tertiary/aromatic N) is 5. The number of anilines is 1. The molecule has 0 fully saturated rings. The molecule has 2 heterocycles. The third kappa shape index (κ3) is 1.28. The molecule has 0 saturated carbocycles. The molecule has 0 aliphatic heterocycles. The van der Waals surface area contributed by atoms with Crippen molar-refractivity contribution in [2.24, 2.45) is 0 Å². The van der Waals surface area contributed by atoms with Crippen molar-refractivity contribution in [3.8, 4) is 5.82 Å². The molecule has 2 N–H and O–H groups in total. The SMILES string of the molecule is Nc1nc2ccccc2nc1-n1cncn1. The maximum atomic E-state index is 5.82. The minimum atomic E-state index is 0.337. The summed E-state index contributed by atoms with van der Waals surface area (Å²) in [6, 6.07) is 7.54. The monoisotopic (exact) mass is 212 g/mol. The lowest BCUT2D eigenvalue weighted by atomic mass is 10.3. The third-order valence-corrected chi connectivity index (χ3v) is 2.21. The predicted molar refractivity (Wildman–Crippen MR) is 58.9 cm³/mol. The van der Waals surface area contributed by atoms with Crippen LogP contribution in [0.3, 0.4) is 0 Å². The molecule has 0 bridgehead atoms. The number of aromatic nitrogens is 5. The second kappa shape index (κ2) is 3.27. The van der Waals surface area contributed by atoms with Crippen molar-refractivity contribution in [2.45, 2.75) is 0 Å². The number of benzene rings is 1. The zero-order valence-corrected chi connectivity index (χ0v) is 8.28. The summed E-state index contributed by atoms with van der Waals surface area (Å²) in [5.41, 5.74) is 7.36. The van der Waals surface area contributed by atoms with E-state index in [0.717, 1.165) is 11.0 Å². The second-order valence-corrected chi connectivity index (χ2v) is 3.26. The van der Waals surface area contributed by atoms with E-state index in [1.807, 2.05) is 24.3 Å². The van der Waals surface area contributed by atoms with E-state index in [1.165, 1.54) is 17.3 Å². The molecule has 6 nitrogen and oxygen atoms in total. The van der Waals surface area contributed by atoms with E-state index >= 15 is 0 Å². The van der Waals surface area contributed by atoms with E-state index in [-0.39, 0.29) is 0 Å². The van der Waals surface area contributed by atoms with Crippen molar-refractivity contribution < 1.29 is 0 Å². The van der Waals surface area contributed by atoms with Crippen LogP contribution >= 0.6 is 0 Å². The van der Waals surface area contributed by atoms with Gasteiger partial charge in [0.1, 0.15) is 12.7 Å². The first-order chi connectivity index (χ1) is 7.84. The average molecular weight is 212 g/mol. The van der Waals surface area contributed by atoms with Crippen molar-refractivity contribution in [3.05, 3.63) is 36.9 Å². The highest BCUT2D eigenvalue weighted by atomic mass is 15.4. The molecule has 6 heteroatoms. The van der Waals surface area contributed by atoms with Crippen LogP contribution in [0.1, 0.15) is 0 Å². The Balaban J connectivity index is 2.30. The Morgan fingerprint density at radius 2 is 1.81 bits per heavy atom. The minimum Gasteiger partial charge on any atom is -0.381 e. The quantitative estimate of drug-likeness (QED) is 0.644. The molecule has 0 aliphatic carbocycles. The summed E-state index contributed by atoms with van der Waals surface area (Å²) < 4.78 is 1.49. The lowest BCUT2D eigenvalue weighted by Crippen LogP contribution is -2.05. The average Bonchev–Trinajstić information content (AvgIpc) is 2.81. The molecule has 3 rings (SSSR count). The van der Waals surface area contributed by atoms with Crippen LogP contribution in [0, 0.1) is 0 Å². The molecule has 0 amide bonds. The Morgan fingerprint density at radius 3 is 2.50 bits per heavy atom. The molecule has 0 unspecified atom stereocenters. The summed E-state index contributed by atoms with van der Waals surface area (Å²) in [5.74, 6) is 0.834. The first-order valence-electron chi connectivity index (χ1n) is 4.72. The summed E-state index contributed by atoms with van der Waals surface area (Å²) >= 11 is 0. The summed E-state index contributed by atoms with van der Waals surface area (Å²) in [7, 11) is 0. The van der Waals surface area contributed by atoms with Crippen molar-refractivity contribution >= 4 is 16.9 Å². The van der Waals surface area contributed by atoms with Gasteiger partial charge in [-0.2, -0.15) is 9.78 Å². The van der Waals surface area contributed by atoms with Crippen molar-refractivity contribution in [2.75, 3.05) is 5.73 Å². The van der Waals surface area contributed by atoms with E-state index in [9.17, 15) is 0 Å². The van der Waals surface area contributed by atoms with Gasteiger partial charge in [-0.05, 0) is 12.1 Å². The number of hydrogen-bond acceptors (Lipinski definition) is 5. The van der Waals surface area contributed by atoms with E-state index < -0.39 is 0 Å². The number of nitrogen functional groups attached to an aromatic ring is 1. The first kappa shape index (κ1) is 8.78. The standard InChI is InChI=1S/C10H8N6/c11-9-10(16-6-12-5-13-16)15-8-4-2-1-3-7(8)14-9/h1-6H,(H2,11,14). The van der Waals surface area contributed by atoms with Crippen molar-refractivity contribution in [1.82, 2.24) is 24.7 Å². The van der Waals surface area contributed by atoms with E-state index in [4.69, 9.17) is 5.73 Å². The van der Waals surface area contributed by atoms with Crippen LogP contribution in [0.5, 0.6) is 0 Å². The van der Waals surface area contributed by atoms with E-state index in [2.05, 4.69) is 20.1 Å². The Kier molecular flexibility index (Phi) is 1.79. The normalized spacial score (nSPS) is 10.8. The van der Waals surface area contributed by atoms with Gasteiger partial charge in [-0.3, -0.25) is 0 Å². The van der Waals surface area contributed by atoms with Gasteiger partial charge in [-0.1, -0.05) is 12.1 Å². The van der Waals surface area contributed by atoms with Crippen LogP contribution in [0.25, 0.3) is 16.9 Å².